The van der Waals surface area contributed by atoms with Crippen molar-refractivity contribution in [3.05, 3.63) is 23.8 Å². The molecule has 1 heterocycles. The normalized spacial score (nSPS) is 18.0. The fourth-order valence-corrected chi connectivity index (χ4v) is 1.96. The van der Waals surface area contributed by atoms with E-state index in [-0.39, 0.29) is 0 Å². The number of benzene rings is 1. The molecule has 0 radical (unpaired) electrons. The Morgan fingerprint density at radius 3 is 2.71 bits per heavy atom. The van der Waals surface area contributed by atoms with Gasteiger partial charge >= 0.3 is 11.3 Å². The van der Waals surface area contributed by atoms with Gasteiger partial charge in [0.2, 0.25) is 0 Å². The predicted molar refractivity (Wildman–Crippen MR) is 63.0 cm³/mol. The van der Waals surface area contributed by atoms with Crippen molar-refractivity contribution in [1.29, 1.82) is 0 Å². The second kappa shape index (κ2) is 5.05. The number of nitrogens with zero attached hydrogens (tertiary/aromatic N) is 1. The van der Waals surface area contributed by atoms with Crippen molar-refractivity contribution in [1.82, 2.24) is 4.72 Å². The zero-order chi connectivity index (χ0) is 12.3. The summed E-state index contributed by atoms with van der Waals surface area (Å²) in [5, 5.41) is 3.64. The van der Waals surface area contributed by atoms with Gasteiger partial charge in [0, 0.05) is 6.42 Å². The summed E-state index contributed by atoms with van der Waals surface area (Å²) in [5.74, 6) is 1.83. The largest absolute Gasteiger partial charge is 0.493 e. The number of rotatable bonds is 4. The third-order valence-corrected chi connectivity index (χ3v) is 2.85. The molecule has 0 amide bonds. The zero-order valence-corrected chi connectivity index (χ0v) is 10.2. The summed E-state index contributed by atoms with van der Waals surface area (Å²) in [6, 6.07) is 5.53. The Kier molecular flexibility index (Phi) is 3.48. The molecule has 1 N–H and O–H groups in total. The van der Waals surface area contributed by atoms with Gasteiger partial charge in [0.15, 0.2) is 17.3 Å². The van der Waals surface area contributed by atoms with E-state index in [2.05, 4.69) is 14.2 Å². The van der Waals surface area contributed by atoms with Gasteiger partial charge in [-0.25, -0.2) is 0 Å². The summed E-state index contributed by atoms with van der Waals surface area (Å²) in [6.45, 7) is 0. The summed E-state index contributed by atoms with van der Waals surface area (Å²) < 4.78 is 28.3. The lowest BCUT2D eigenvalue weighted by Crippen LogP contribution is -2.21. The zero-order valence-electron chi connectivity index (χ0n) is 9.43. The van der Waals surface area contributed by atoms with E-state index in [0.29, 0.717) is 23.8 Å². The van der Waals surface area contributed by atoms with Gasteiger partial charge in [-0.05, 0) is 17.7 Å². The lowest BCUT2D eigenvalue weighted by Gasteiger charge is -2.08. The van der Waals surface area contributed by atoms with Gasteiger partial charge in [-0.2, -0.15) is 4.21 Å². The van der Waals surface area contributed by atoms with E-state index in [1.807, 2.05) is 18.2 Å². The van der Waals surface area contributed by atoms with E-state index in [9.17, 15) is 4.21 Å². The van der Waals surface area contributed by atoms with E-state index < -0.39 is 11.3 Å². The smallest absolute Gasteiger partial charge is 0.338 e. The SMILES string of the molecule is COc1ccc(CC2=NOS(=O)N2)cc1OC. The summed E-state index contributed by atoms with van der Waals surface area (Å²) in [7, 11) is 3.16. The van der Waals surface area contributed by atoms with Gasteiger partial charge in [0.1, 0.15) is 0 Å². The minimum Gasteiger partial charge on any atom is -0.493 e. The Bertz CT molecular complexity index is 475. The monoisotopic (exact) mass is 256 g/mol. The molecule has 0 spiro atoms. The average molecular weight is 256 g/mol. The summed E-state index contributed by atoms with van der Waals surface area (Å²) in [5.41, 5.74) is 0.955. The fraction of sp³-hybridized carbons (Fsp3) is 0.300. The van der Waals surface area contributed by atoms with Crippen LogP contribution >= 0.6 is 0 Å². The molecule has 1 atom stereocenters. The molecule has 0 aromatic heterocycles. The number of hydrogen-bond acceptors (Lipinski definition) is 5. The van der Waals surface area contributed by atoms with Crippen LogP contribution in [0.25, 0.3) is 0 Å². The standard InChI is InChI=1S/C10H12N2O4S/c1-14-8-4-3-7(5-9(8)15-2)6-10-11-16-17(13)12-10/h3-5H,6H2,1-2H3,(H,11,12). The van der Waals surface area contributed by atoms with Crippen molar-refractivity contribution < 1.29 is 18.0 Å². The average Bonchev–Trinajstić information content (AvgIpc) is 2.74. The maximum atomic E-state index is 10.9. The van der Waals surface area contributed by atoms with Crippen LogP contribution in [0.4, 0.5) is 0 Å². The Labute approximate surface area is 101 Å². The van der Waals surface area contributed by atoms with Crippen molar-refractivity contribution in [3.63, 3.8) is 0 Å². The first-order valence-electron chi connectivity index (χ1n) is 4.86. The minimum absolute atomic E-state index is 0.492. The molecule has 1 unspecified atom stereocenters. The van der Waals surface area contributed by atoms with Crippen LogP contribution in [0.15, 0.2) is 23.4 Å². The van der Waals surface area contributed by atoms with E-state index in [1.165, 1.54) is 0 Å². The van der Waals surface area contributed by atoms with Crippen molar-refractivity contribution in [2.45, 2.75) is 6.42 Å². The highest BCUT2D eigenvalue weighted by Gasteiger charge is 2.15. The first kappa shape index (κ1) is 11.7. The molecule has 0 saturated carbocycles. The minimum atomic E-state index is -1.55. The maximum Gasteiger partial charge on any atom is 0.338 e. The number of methoxy groups -OCH3 is 2. The van der Waals surface area contributed by atoms with Crippen LogP contribution in [-0.2, 0) is 22.0 Å². The van der Waals surface area contributed by atoms with Gasteiger partial charge in [0.25, 0.3) is 0 Å². The topological polar surface area (TPSA) is 69.2 Å². The maximum absolute atomic E-state index is 10.9. The number of nitrogens with one attached hydrogen (secondary N) is 1. The third kappa shape index (κ3) is 2.68. The van der Waals surface area contributed by atoms with Crippen LogP contribution in [0.5, 0.6) is 11.5 Å². The van der Waals surface area contributed by atoms with Crippen LogP contribution in [0, 0.1) is 0 Å². The second-order valence-electron chi connectivity index (χ2n) is 3.32. The molecule has 6 nitrogen and oxygen atoms in total. The number of ether oxygens (including phenoxy) is 2. The second-order valence-corrected chi connectivity index (χ2v) is 4.14. The third-order valence-electron chi connectivity index (χ3n) is 2.24. The highest BCUT2D eigenvalue weighted by Crippen LogP contribution is 2.27. The molecule has 7 heteroatoms. The van der Waals surface area contributed by atoms with Crippen molar-refractivity contribution in [2.75, 3.05) is 14.2 Å². The molecule has 92 valence electrons. The van der Waals surface area contributed by atoms with Gasteiger partial charge in [-0.1, -0.05) is 11.2 Å². The molecule has 1 aliphatic rings. The molecule has 17 heavy (non-hydrogen) atoms. The van der Waals surface area contributed by atoms with E-state index >= 15 is 0 Å². The van der Waals surface area contributed by atoms with E-state index in [1.54, 1.807) is 14.2 Å². The van der Waals surface area contributed by atoms with Crippen LogP contribution < -0.4 is 14.2 Å². The summed E-state index contributed by atoms with van der Waals surface area (Å²) >= 11 is -1.55. The first-order valence-corrected chi connectivity index (χ1v) is 5.94. The predicted octanol–water partition coefficient (Wildman–Crippen LogP) is 0.758. The van der Waals surface area contributed by atoms with Crippen LogP contribution in [0.1, 0.15) is 5.56 Å². The van der Waals surface area contributed by atoms with Crippen molar-refractivity contribution in [3.8, 4) is 11.5 Å². The van der Waals surface area contributed by atoms with E-state index in [0.717, 1.165) is 5.56 Å². The molecule has 0 aliphatic carbocycles. The lowest BCUT2D eigenvalue weighted by atomic mass is 10.1. The van der Waals surface area contributed by atoms with Crippen LogP contribution in [0.3, 0.4) is 0 Å². The molecule has 1 aromatic rings. The molecule has 0 bridgehead atoms. The van der Waals surface area contributed by atoms with Gasteiger partial charge in [-0.15, -0.1) is 0 Å². The number of hydrogen-bond donors (Lipinski definition) is 1. The van der Waals surface area contributed by atoms with Crippen molar-refractivity contribution in [2.24, 2.45) is 5.16 Å². The number of amidine groups is 1. The van der Waals surface area contributed by atoms with E-state index in [4.69, 9.17) is 9.47 Å². The molecular weight excluding hydrogens is 244 g/mol. The van der Waals surface area contributed by atoms with Crippen LogP contribution in [-0.4, -0.2) is 24.3 Å². The summed E-state index contributed by atoms with van der Waals surface area (Å²) in [4.78, 5) is 0. The van der Waals surface area contributed by atoms with Crippen molar-refractivity contribution >= 4 is 17.1 Å². The van der Waals surface area contributed by atoms with Gasteiger partial charge in [-0.3, -0.25) is 9.01 Å². The fourth-order valence-electron chi connectivity index (χ4n) is 1.46. The Morgan fingerprint density at radius 2 is 2.12 bits per heavy atom. The molecule has 0 saturated heterocycles. The molecular formula is C10H12N2O4S. The molecule has 0 fully saturated rings. The molecule has 2 rings (SSSR count). The highest BCUT2D eigenvalue weighted by atomic mass is 32.2. The van der Waals surface area contributed by atoms with Crippen LogP contribution in [0.2, 0.25) is 0 Å². The Hall–Kier alpha value is -1.76. The quantitative estimate of drug-likeness (QED) is 0.863. The lowest BCUT2D eigenvalue weighted by molar-refractivity contribution is 0.354. The Morgan fingerprint density at radius 1 is 1.35 bits per heavy atom. The first-order chi connectivity index (χ1) is 8.22. The Balaban J connectivity index is 2.14. The summed E-state index contributed by atoms with van der Waals surface area (Å²) in [6.07, 6.45) is 0.492. The van der Waals surface area contributed by atoms with Gasteiger partial charge in [0.05, 0.1) is 14.2 Å². The number of oxime groups is 1. The molecule has 1 aliphatic heterocycles. The van der Waals surface area contributed by atoms with Gasteiger partial charge < -0.3 is 9.47 Å². The molecule has 1 aromatic carbocycles. The highest BCUT2D eigenvalue weighted by molar-refractivity contribution is 7.79.